The molecule has 0 spiro atoms. The molecular formula is C37H43F3N2O2. The van der Waals surface area contributed by atoms with Crippen LogP contribution in [-0.2, 0) is 17.5 Å². The van der Waals surface area contributed by atoms with E-state index < -0.39 is 11.7 Å². The molecule has 5 rings (SSSR count). The van der Waals surface area contributed by atoms with E-state index in [-0.39, 0.29) is 24.0 Å². The molecule has 44 heavy (non-hydrogen) atoms. The highest BCUT2D eigenvalue weighted by atomic mass is 19.4. The molecule has 0 aromatic heterocycles. The zero-order valence-electron chi connectivity index (χ0n) is 25.6. The summed E-state index contributed by atoms with van der Waals surface area (Å²) in [4.78, 5) is 14.8. The fourth-order valence-corrected chi connectivity index (χ4v) is 6.43. The van der Waals surface area contributed by atoms with Gasteiger partial charge in [0.15, 0.2) is 0 Å². The van der Waals surface area contributed by atoms with E-state index in [2.05, 4.69) is 10.2 Å². The van der Waals surface area contributed by atoms with Crippen LogP contribution in [0.3, 0.4) is 0 Å². The standard InChI is InChI=1S/C37H43F3N2O2/c1-27-28(16-11-17-33(27)29-12-5-2-6-13-29)18-19-31-25-35(44-23-20-41-36(43)30-14-7-3-8-15-30)32(24-34(31)37(38,39)40)26-42-21-9-4-10-22-42/h2,5-6,11-13,16-19,24-25,30H,3-4,7-10,14-15,20-23,26H2,1H3,(H,41,43)/b19-18+. The maximum atomic E-state index is 14.5. The molecule has 1 N–H and O–H groups in total. The summed E-state index contributed by atoms with van der Waals surface area (Å²) in [7, 11) is 0. The third kappa shape index (κ3) is 8.32. The summed E-state index contributed by atoms with van der Waals surface area (Å²) in [6.45, 7) is 4.61. The van der Waals surface area contributed by atoms with E-state index in [0.717, 1.165) is 80.3 Å². The van der Waals surface area contributed by atoms with Gasteiger partial charge in [0.2, 0.25) is 5.91 Å². The van der Waals surface area contributed by atoms with E-state index in [1.807, 2.05) is 55.5 Å². The van der Waals surface area contributed by atoms with Crippen LogP contribution >= 0.6 is 0 Å². The highest BCUT2D eigenvalue weighted by Gasteiger charge is 2.34. The quantitative estimate of drug-likeness (QED) is 0.186. The predicted octanol–water partition coefficient (Wildman–Crippen LogP) is 8.91. The van der Waals surface area contributed by atoms with Crippen molar-refractivity contribution in [3.63, 3.8) is 0 Å². The van der Waals surface area contributed by atoms with Crippen molar-refractivity contribution < 1.29 is 22.7 Å². The second-order valence-electron chi connectivity index (χ2n) is 12.1. The lowest BCUT2D eigenvalue weighted by atomic mass is 9.89. The smallest absolute Gasteiger partial charge is 0.417 e. The third-order valence-corrected chi connectivity index (χ3v) is 8.92. The number of benzene rings is 3. The van der Waals surface area contributed by atoms with Crippen molar-refractivity contribution >= 4 is 18.1 Å². The van der Waals surface area contributed by atoms with Gasteiger partial charge >= 0.3 is 6.18 Å². The molecule has 1 saturated carbocycles. The first-order valence-electron chi connectivity index (χ1n) is 16.0. The second-order valence-corrected chi connectivity index (χ2v) is 12.1. The molecule has 1 aliphatic heterocycles. The molecule has 2 fully saturated rings. The monoisotopic (exact) mass is 604 g/mol. The van der Waals surface area contributed by atoms with Gasteiger partial charge in [-0.15, -0.1) is 0 Å². The SMILES string of the molecule is Cc1c(/C=C/c2cc(OCCNC(=O)C3CCCCC3)c(CN3CCCCC3)cc2C(F)(F)F)cccc1-c1ccccc1. The number of alkyl halides is 3. The highest BCUT2D eigenvalue weighted by Crippen LogP contribution is 2.38. The molecule has 2 aliphatic rings. The molecule has 0 radical (unpaired) electrons. The average Bonchev–Trinajstić information content (AvgIpc) is 3.04. The molecule has 1 aliphatic carbocycles. The first-order valence-corrected chi connectivity index (χ1v) is 16.0. The van der Waals surface area contributed by atoms with Crippen molar-refractivity contribution in [2.45, 2.75) is 71.0 Å². The van der Waals surface area contributed by atoms with Crippen molar-refractivity contribution in [3.8, 4) is 16.9 Å². The summed E-state index contributed by atoms with van der Waals surface area (Å²) in [6, 6.07) is 18.6. The summed E-state index contributed by atoms with van der Waals surface area (Å²) in [5.41, 5.74) is 3.86. The summed E-state index contributed by atoms with van der Waals surface area (Å²) >= 11 is 0. The van der Waals surface area contributed by atoms with Crippen molar-refractivity contribution in [1.82, 2.24) is 10.2 Å². The molecule has 4 nitrogen and oxygen atoms in total. The van der Waals surface area contributed by atoms with E-state index in [9.17, 15) is 18.0 Å². The van der Waals surface area contributed by atoms with E-state index in [1.165, 1.54) is 18.6 Å². The molecule has 0 bridgehead atoms. The number of nitrogens with one attached hydrogen (secondary N) is 1. The topological polar surface area (TPSA) is 41.6 Å². The number of amides is 1. The van der Waals surface area contributed by atoms with E-state index >= 15 is 0 Å². The molecule has 1 amide bonds. The fourth-order valence-electron chi connectivity index (χ4n) is 6.43. The normalized spacial score (nSPS) is 16.7. The van der Waals surface area contributed by atoms with E-state index in [4.69, 9.17) is 4.74 Å². The Hall–Kier alpha value is -3.58. The van der Waals surface area contributed by atoms with Crippen LogP contribution in [0.1, 0.15) is 79.2 Å². The largest absolute Gasteiger partial charge is 0.491 e. The van der Waals surface area contributed by atoms with Crippen molar-refractivity contribution in [2.75, 3.05) is 26.2 Å². The van der Waals surface area contributed by atoms with Gasteiger partial charge in [0, 0.05) is 18.0 Å². The first-order chi connectivity index (χ1) is 21.3. The van der Waals surface area contributed by atoms with Crippen LogP contribution < -0.4 is 10.1 Å². The van der Waals surface area contributed by atoms with Gasteiger partial charge in [0.25, 0.3) is 0 Å². The molecule has 0 unspecified atom stereocenters. The minimum Gasteiger partial charge on any atom is -0.491 e. The zero-order chi connectivity index (χ0) is 30.9. The maximum absolute atomic E-state index is 14.5. The third-order valence-electron chi connectivity index (χ3n) is 8.92. The van der Waals surface area contributed by atoms with Crippen LogP contribution in [0.4, 0.5) is 13.2 Å². The van der Waals surface area contributed by atoms with Crippen molar-refractivity contribution in [3.05, 3.63) is 88.5 Å². The lowest BCUT2D eigenvalue weighted by Gasteiger charge is -2.28. The average molecular weight is 605 g/mol. The van der Waals surface area contributed by atoms with Crippen LogP contribution in [0.5, 0.6) is 5.75 Å². The molecule has 3 aromatic rings. The maximum Gasteiger partial charge on any atom is 0.417 e. The number of rotatable bonds is 10. The fraction of sp³-hybridized carbons (Fsp3) is 0.432. The molecule has 1 saturated heterocycles. The van der Waals surface area contributed by atoms with Gasteiger partial charge in [-0.1, -0.05) is 86.4 Å². The predicted molar refractivity (Wildman–Crippen MR) is 171 cm³/mol. The molecule has 3 aromatic carbocycles. The lowest BCUT2D eigenvalue weighted by Crippen LogP contribution is -2.34. The van der Waals surface area contributed by atoms with E-state index in [0.29, 0.717) is 24.4 Å². The molecular weight excluding hydrogens is 561 g/mol. The molecule has 0 atom stereocenters. The Kier molecular flexibility index (Phi) is 10.8. The number of carbonyl (C=O) groups is 1. The number of hydrogen-bond donors (Lipinski definition) is 1. The summed E-state index contributed by atoms with van der Waals surface area (Å²) in [6.07, 6.45) is 7.15. The number of nitrogens with zero attached hydrogens (tertiary/aromatic N) is 1. The van der Waals surface area contributed by atoms with Crippen LogP contribution in [0.15, 0.2) is 60.7 Å². The summed E-state index contributed by atoms with van der Waals surface area (Å²) < 4.78 is 49.5. The number of carbonyl (C=O) groups excluding carboxylic acids is 1. The van der Waals surface area contributed by atoms with Gasteiger partial charge in [0.1, 0.15) is 12.4 Å². The highest BCUT2D eigenvalue weighted by molar-refractivity contribution is 5.79. The van der Waals surface area contributed by atoms with Gasteiger partial charge in [-0.3, -0.25) is 9.69 Å². The van der Waals surface area contributed by atoms with E-state index in [1.54, 1.807) is 12.2 Å². The Morgan fingerprint density at radius 3 is 2.34 bits per heavy atom. The summed E-state index contributed by atoms with van der Waals surface area (Å²) in [5, 5.41) is 2.98. The Morgan fingerprint density at radius 2 is 1.61 bits per heavy atom. The lowest BCUT2D eigenvalue weighted by molar-refractivity contribution is -0.137. The number of ether oxygens (including phenoxy) is 1. The Labute approximate surface area is 259 Å². The number of piperidine rings is 1. The van der Waals surface area contributed by atoms with Crippen LogP contribution in [0.25, 0.3) is 23.3 Å². The van der Waals surface area contributed by atoms with Gasteiger partial charge in [-0.25, -0.2) is 0 Å². The van der Waals surface area contributed by atoms with Gasteiger partial charge < -0.3 is 10.1 Å². The van der Waals surface area contributed by atoms with Crippen molar-refractivity contribution in [2.24, 2.45) is 5.92 Å². The Morgan fingerprint density at radius 1 is 0.909 bits per heavy atom. The van der Waals surface area contributed by atoms with Gasteiger partial charge in [0.05, 0.1) is 12.1 Å². The molecule has 1 heterocycles. The van der Waals surface area contributed by atoms with Gasteiger partial charge in [-0.05, 0) is 85.6 Å². The Balaban J connectivity index is 1.41. The zero-order valence-corrected chi connectivity index (χ0v) is 25.6. The minimum absolute atomic E-state index is 0.0464. The summed E-state index contributed by atoms with van der Waals surface area (Å²) in [5.74, 6) is 0.529. The molecule has 7 heteroatoms. The first kappa shape index (κ1) is 31.8. The molecule has 234 valence electrons. The van der Waals surface area contributed by atoms with Crippen LogP contribution in [0.2, 0.25) is 0 Å². The van der Waals surface area contributed by atoms with Crippen molar-refractivity contribution in [1.29, 1.82) is 0 Å². The number of hydrogen-bond acceptors (Lipinski definition) is 3. The van der Waals surface area contributed by atoms with Crippen LogP contribution in [0, 0.1) is 12.8 Å². The number of halogens is 3. The number of likely N-dealkylation sites (tertiary alicyclic amines) is 1. The Bertz CT molecular complexity index is 1420. The van der Waals surface area contributed by atoms with Crippen LogP contribution in [-0.4, -0.2) is 37.0 Å². The minimum atomic E-state index is -4.52. The second kappa shape index (κ2) is 14.9. The van der Waals surface area contributed by atoms with Gasteiger partial charge in [-0.2, -0.15) is 13.2 Å².